The quantitative estimate of drug-likeness (QED) is 0.432. The lowest BCUT2D eigenvalue weighted by atomic mass is 10.2. The summed E-state index contributed by atoms with van der Waals surface area (Å²) < 4.78 is 18.7. The summed E-state index contributed by atoms with van der Waals surface area (Å²) in [5.74, 6) is -1.06. The molecule has 0 aliphatic rings. The van der Waals surface area contributed by atoms with Gasteiger partial charge in [0.25, 0.3) is 0 Å². The molecule has 0 atom stereocenters. The van der Waals surface area contributed by atoms with Crippen molar-refractivity contribution < 1.29 is 23.5 Å². The van der Waals surface area contributed by atoms with Crippen molar-refractivity contribution in [2.75, 3.05) is 23.4 Å². The molecule has 34 heavy (non-hydrogen) atoms. The molecule has 0 unspecified atom stereocenters. The van der Waals surface area contributed by atoms with Crippen LogP contribution in [-0.4, -0.2) is 35.9 Å². The van der Waals surface area contributed by atoms with Crippen LogP contribution >= 0.6 is 11.3 Å². The van der Waals surface area contributed by atoms with Crippen LogP contribution in [-0.2, 0) is 20.9 Å². The minimum Gasteiger partial charge on any atom is -0.492 e. The number of rotatable bonds is 11. The van der Waals surface area contributed by atoms with Crippen molar-refractivity contribution in [1.82, 2.24) is 10.3 Å². The minimum absolute atomic E-state index is 0.0666. The molecular weight excluding hydrogens is 459 g/mol. The highest BCUT2D eigenvalue weighted by Crippen LogP contribution is 2.28. The summed E-state index contributed by atoms with van der Waals surface area (Å²) >= 11 is 1.28. The average Bonchev–Trinajstić information content (AvgIpc) is 3.34. The molecule has 2 aromatic carbocycles. The number of aromatic nitrogens is 1. The number of ether oxygens (including phenoxy) is 1. The van der Waals surface area contributed by atoms with Gasteiger partial charge >= 0.3 is 0 Å². The Kier molecular flexibility index (Phi) is 9.10. The number of para-hydroxylation sites is 2. The molecule has 0 radical (unpaired) electrons. The fourth-order valence-corrected chi connectivity index (χ4v) is 3.64. The third-order valence-electron chi connectivity index (χ3n) is 4.71. The van der Waals surface area contributed by atoms with Crippen LogP contribution in [0.4, 0.5) is 15.2 Å². The number of halogens is 1. The maximum atomic E-state index is 13.1. The summed E-state index contributed by atoms with van der Waals surface area (Å²) in [5, 5.41) is 7.56. The van der Waals surface area contributed by atoms with Crippen molar-refractivity contribution in [3.8, 4) is 5.75 Å². The Balaban J connectivity index is 1.68. The highest BCUT2D eigenvalue weighted by molar-refractivity contribution is 7.13. The van der Waals surface area contributed by atoms with Crippen molar-refractivity contribution in [3.05, 3.63) is 71.5 Å². The summed E-state index contributed by atoms with van der Waals surface area (Å²) in [5.41, 5.74) is 1.16. The Morgan fingerprint density at radius 3 is 2.53 bits per heavy atom. The predicted octanol–water partition coefficient (Wildman–Crippen LogP) is 3.75. The van der Waals surface area contributed by atoms with Crippen LogP contribution in [0, 0.1) is 5.82 Å². The summed E-state index contributed by atoms with van der Waals surface area (Å²) in [6, 6.07) is 12.7. The molecule has 0 saturated heterocycles. The fraction of sp³-hybridized carbons (Fsp3) is 0.250. The Bertz CT molecular complexity index is 1110. The molecule has 0 bridgehead atoms. The van der Waals surface area contributed by atoms with Gasteiger partial charge in [0.1, 0.15) is 18.1 Å². The largest absolute Gasteiger partial charge is 0.492 e. The van der Waals surface area contributed by atoms with E-state index in [4.69, 9.17) is 4.74 Å². The van der Waals surface area contributed by atoms with Gasteiger partial charge in [0, 0.05) is 31.0 Å². The number of nitrogens with zero attached hydrogens (tertiary/aromatic N) is 2. The van der Waals surface area contributed by atoms with Gasteiger partial charge in [-0.15, -0.1) is 11.3 Å². The van der Waals surface area contributed by atoms with Gasteiger partial charge in [-0.3, -0.25) is 19.3 Å². The number of carbonyl (C=O) groups excluding carboxylic acids is 3. The van der Waals surface area contributed by atoms with Crippen LogP contribution in [0.5, 0.6) is 5.75 Å². The average molecular weight is 485 g/mol. The van der Waals surface area contributed by atoms with E-state index in [9.17, 15) is 18.8 Å². The number of nitrogens with one attached hydrogen (secondary N) is 2. The normalized spacial score (nSPS) is 10.4. The minimum atomic E-state index is -0.406. The highest BCUT2D eigenvalue weighted by Gasteiger charge is 2.23. The maximum Gasteiger partial charge on any atom is 0.240 e. The first kappa shape index (κ1) is 24.8. The van der Waals surface area contributed by atoms with E-state index in [-0.39, 0.29) is 37.7 Å². The van der Waals surface area contributed by atoms with Crippen LogP contribution in [0.1, 0.15) is 25.3 Å². The van der Waals surface area contributed by atoms with Gasteiger partial charge in [-0.25, -0.2) is 9.37 Å². The van der Waals surface area contributed by atoms with Crippen LogP contribution in [0.15, 0.2) is 60.1 Å². The molecule has 3 aromatic rings. The van der Waals surface area contributed by atoms with Crippen molar-refractivity contribution >= 4 is 39.9 Å². The molecule has 1 aromatic heterocycles. The van der Waals surface area contributed by atoms with Crippen molar-refractivity contribution in [1.29, 1.82) is 0 Å². The molecular formula is C24H25FN4O4S. The Hall–Kier alpha value is -3.79. The molecule has 0 saturated carbocycles. The first-order valence-electron chi connectivity index (χ1n) is 10.7. The second-order valence-electron chi connectivity index (χ2n) is 7.17. The summed E-state index contributed by atoms with van der Waals surface area (Å²) in [4.78, 5) is 43.3. The van der Waals surface area contributed by atoms with Gasteiger partial charge in [-0.2, -0.15) is 0 Å². The van der Waals surface area contributed by atoms with E-state index < -0.39 is 11.8 Å². The molecule has 0 aliphatic heterocycles. The highest BCUT2D eigenvalue weighted by atomic mass is 32.1. The third-order valence-corrected chi connectivity index (χ3v) is 5.39. The smallest absolute Gasteiger partial charge is 0.240 e. The first-order chi connectivity index (χ1) is 16.5. The van der Waals surface area contributed by atoms with Crippen molar-refractivity contribution in [2.45, 2.75) is 26.3 Å². The molecule has 178 valence electrons. The van der Waals surface area contributed by atoms with E-state index in [1.165, 1.54) is 28.4 Å². The number of anilines is 2. The van der Waals surface area contributed by atoms with E-state index in [0.29, 0.717) is 23.2 Å². The lowest BCUT2D eigenvalue weighted by Gasteiger charge is -2.24. The van der Waals surface area contributed by atoms with E-state index in [1.54, 1.807) is 48.0 Å². The molecule has 8 nitrogen and oxygen atoms in total. The Morgan fingerprint density at radius 1 is 1.06 bits per heavy atom. The van der Waals surface area contributed by atoms with Gasteiger partial charge < -0.3 is 15.4 Å². The third kappa shape index (κ3) is 7.38. The molecule has 10 heteroatoms. The van der Waals surface area contributed by atoms with Crippen LogP contribution in [0.2, 0.25) is 0 Å². The molecule has 1 heterocycles. The number of hydrogen-bond donors (Lipinski definition) is 2. The van der Waals surface area contributed by atoms with Gasteiger partial charge in [0.15, 0.2) is 5.13 Å². The molecule has 0 spiro atoms. The SMILES string of the molecule is CCOc1ccccc1N(CC(=O)NCc1ccc(F)cc1)C(=O)CCC(=O)Nc1nccs1. The molecule has 3 rings (SSSR count). The second kappa shape index (κ2) is 12.4. The molecule has 0 fully saturated rings. The van der Waals surface area contributed by atoms with Crippen molar-refractivity contribution in [2.24, 2.45) is 0 Å². The van der Waals surface area contributed by atoms with Gasteiger partial charge in [-0.1, -0.05) is 24.3 Å². The number of thiazole rings is 1. The summed E-state index contributed by atoms with van der Waals surface area (Å²) in [6.45, 7) is 2.12. The monoisotopic (exact) mass is 484 g/mol. The fourth-order valence-electron chi connectivity index (χ4n) is 3.09. The van der Waals surface area contributed by atoms with E-state index in [0.717, 1.165) is 5.56 Å². The Morgan fingerprint density at radius 2 is 1.82 bits per heavy atom. The second-order valence-corrected chi connectivity index (χ2v) is 8.06. The zero-order valence-electron chi connectivity index (χ0n) is 18.6. The number of benzene rings is 2. The van der Waals surface area contributed by atoms with E-state index >= 15 is 0 Å². The van der Waals surface area contributed by atoms with Crippen molar-refractivity contribution in [3.63, 3.8) is 0 Å². The molecule has 3 amide bonds. The van der Waals surface area contributed by atoms with Crippen LogP contribution in [0.3, 0.4) is 0 Å². The summed E-state index contributed by atoms with van der Waals surface area (Å²) in [7, 11) is 0. The van der Waals surface area contributed by atoms with Crippen LogP contribution in [0.25, 0.3) is 0 Å². The predicted molar refractivity (Wildman–Crippen MR) is 128 cm³/mol. The van der Waals surface area contributed by atoms with E-state index in [2.05, 4.69) is 15.6 Å². The number of carbonyl (C=O) groups is 3. The zero-order valence-corrected chi connectivity index (χ0v) is 19.4. The summed E-state index contributed by atoms with van der Waals surface area (Å²) in [6.07, 6.45) is 1.40. The first-order valence-corrected chi connectivity index (χ1v) is 11.6. The Labute approximate surface area is 200 Å². The lowest BCUT2D eigenvalue weighted by Crippen LogP contribution is -2.41. The van der Waals surface area contributed by atoms with Gasteiger partial charge in [0.05, 0.1) is 12.3 Å². The van der Waals surface area contributed by atoms with Gasteiger partial charge in [-0.05, 0) is 36.8 Å². The molecule has 2 N–H and O–H groups in total. The standard InChI is InChI=1S/C24H25FN4O4S/c1-2-33-20-6-4-3-5-19(20)29(16-22(31)27-15-17-7-9-18(25)10-8-17)23(32)12-11-21(30)28-24-26-13-14-34-24/h3-10,13-14H,2,11-12,15-16H2,1H3,(H,27,31)(H,26,28,30). The van der Waals surface area contributed by atoms with Crippen LogP contribution < -0.4 is 20.3 Å². The number of amides is 3. The van der Waals surface area contributed by atoms with Gasteiger partial charge in [0.2, 0.25) is 17.7 Å². The lowest BCUT2D eigenvalue weighted by molar-refractivity contribution is -0.125. The number of hydrogen-bond acceptors (Lipinski definition) is 6. The maximum absolute atomic E-state index is 13.1. The zero-order chi connectivity index (χ0) is 24.3. The van der Waals surface area contributed by atoms with E-state index in [1.807, 2.05) is 6.92 Å². The topological polar surface area (TPSA) is 101 Å². The molecule has 0 aliphatic carbocycles.